The molecule has 0 spiro atoms. The van der Waals surface area contributed by atoms with E-state index < -0.39 is 29.2 Å². The molecule has 1 aliphatic carbocycles. The maximum absolute atomic E-state index is 12.8. The van der Waals surface area contributed by atoms with Gasteiger partial charge in [0.25, 0.3) is 11.8 Å². The van der Waals surface area contributed by atoms with Gasteiger partial charge in [-0.1, -0.05) is 5.16 Å². The number of nitrogens with one attached hydrogen (secondary N) is 1. The molecule has 1 aromatic heterocycles. The number of thioether (sulfide) groups is 1. The number of carbonyl (C=O) groups is 3. The number of hydrogen-bond acceptors (Lipinski definition) is 10. The molecule has 1 saturated carbocycles. The highest BCUT2D eigenvalue weighted by Gasteiger charge is 2.53. The molecule has 1 unspecified atom stereocenters. The third kappa shape index (κ3) is 3.79. The number of nitrogens with zero attached hydrogens (tertiary/aromatic N) is 4. The van der Waals surface area contributed by atoms with Crippen molar-refractivity contribution in [2.45, 2.75) is 43.2 Å². The molecule has 2 amide bonds. The Morgan fingerprint density at radius 1 is 1.38 bits per heavy atom. The molecule has 29 heavy (non-hydrogen) atoms. The van der Waals surface area contributed by atoms with Gasteiger partial charge in [-0.2, -0.15) is 9.36 Å². The van der Waals surface area contributed by atoms with E-state index in [1.54, 1.807) is 0 Å². The number of fused-ring (bicyclic) bond motifs is 1. The van der Waals surface area contributed by atoms with E-state index in [2.05, 4.69) is 19.8 Å². The van der Waals surface area contributed by atoms with Crippen LogP contribution >= 0.6 is 23.3 Å². The maximum atomic E-state index is 12.8. The number of carboxylic acids is 1. The Bertz CT molecular complexity index is 909. The van der Waals surface area contributed by atoms with Gasteiger partial charge in [-0.05, 0) is 31.8 Å². The minimum Gasteiger partial charge on any atom is -0.477 e. The predicted octanol–water partition coefficient (Wildman–Crippen LogP) is 0.152. The van der Waals surface area contributed by atoms with Crippen LogP contribution in [0.3, 0.4) is 0 Å². The number of nitrogen functional groups attached to an aromatic ring is 1. The smallest absolute Gasteiger partial charge is 0.352 e. The molecule has 0 bridgehead atoms. The molecule has 0 aromatic carbocycles. The molecule has 3 heterocycles. The number of aromatic nitrogens is 2. The number of amides is 2. The summed E-state index contributed by atoms with van der Waals surface area (Å²) in [6.45, 7) is 0. The molecule has 2 aliphatic heterocycles. The Morgan fingerprint density at radius 2 is 2.14 bits per heavy atom. The van der Waals surface area contributed by atoms with Crippen LogP contribution in [-0.2, 0) is 19.2 Å². The van der Waals surface area contributed by atoms with E-state index in [0.29, 0.717) is 5.75 Å². The third-order valence-electron chi connectivity index (χ3n) is 4.82. The number of β-lactam (4-membered cyclic amide) rings is 1. The van der Waals surface area contributed by atoms with Gasteiger partial charge >= 0.3 is 5.97 Å². The Kier molecular flexibility index (Phi) is 5.41. The first-order chi connectivity index (χ1) is 14.0. The molecular weight excluding hydrogens is 420 g/mol. The van der Waals surface area contributed by atoms with Crippen LogP contribution in [0, 0.1) is 0 Å². The predicted molar refractivity (Wildman–Crippen MR) is 105 cm³/mol. The second-order valence-electron chi connectivity index (χ2n) is 6.69. The van der Waals surface area contributed by atoms with Crippen LogP contribution in [0.1, 0.15) is 31.5 Å². The molecule has 4 N–H and O–H groups in total. The summed E-state index contributed by atoms with van der Waals surface area (Å²) in [6.07, 6.45) is 5.17. The summed E-state index contributed by atoms with van der Waals surface area (Å²) in [5.74, 6) is -1.90. The van der Waals surface area contributed by atoms with Crippen molar-refractivity contribution in [2.24, 2.45) is 5.16 Å². The fourth-order valence-electron chi connectivity index (χ4n) is 3.38. The van der Waals surface area contributed by atoms with Gasteiger partial charge in [-0.25, -0.2) is 4.79 Å². The van der Waals surface area contributed by atoms with Gasteiger partial charge in [0.15, 0.2) is 5.13 Å². The molecule has 3 aliphatic rings. The number of oxime groups is 1. The van der Waals surface area contributed by atoms with Crippen molar-refractivity contribution in [3.05, 3.63) is 17.6 Å². The molecule has 1 saturated heterocycles. The molecule has 4 rings (SSSR count). The summed E-state index contributed by atoms with van der Waals surface area (Å²) in [5.41, 5.74) is 5.38. The summed E-state index contributed by atoms with van der Waals surface area (Å²) in [5, 5.41) is 15.5. The van der Waals surface area contributed by atoms with E-state index in [1.807, 2.05) is 0 Å². The number of rotatable bonds is 6. The highest BCUT2D eigenvalue weighted by atomic mass is 32.2. The van der Waals surface area contributed by atoms with Crippen molar-refractivity contribution in [3.63, 3.8) is 0 Å². The zero-order valence-corrected chi connectivity index (χ0v) is 16.7. The van der Waals surface area contributed by atoms with Gasteiger partial charge in [0, 0.05) is 17.3 Å². The van der Waals surface area contributed by atoms with Gasteiger partial charge in [0.1, 0.15) is 23.2 Å². The molecule has 1 aromatic rings. The topological polar surface area (TPSA) is 160 Å². The minimum absolute atomic E-state index is 0.0223. The lowest BCUT2D eigenvalue weighted by molar-refractivity contribution is -0.150. The van der Waals surface area contributed by atoms with Crippen molar-refractivity contribution >= 4 is 51.9 Å². The first kappa shape index (κ1) is 19.6. The van der Waals surface area contributed by atoms with Gasteiger partial charge in [-0.3, -0.25) is 14.5 Å². The van der Waals surface area contributed by atoms with E-state index in [0.717, 1.165) is 37.2 Å². The van der Waals surface area contributed by atoms with Crippen LogP contribution in [0.25, 0.3) is 0 Å². The number of carboxylic acid groups (broad SMARTS) is 1. The Labute approximate surface area is 173 Å². The average molecular weight is 438 g/mol. The van der Waals surface area contributed by atoms with E-state index >= 15 is 0 Å². The summed E-state index contributed by atoms with van der Waals surface area (Å²) < 4.78 is 4.02. The number of anilines is 1. The Morgan fingerprint density at radius 3 is 2.79 bits per heavy atom. The first-order valence-corrected chi connectivity index (χ1v) is 10.8. The largest absolute Gasteiger partial charge is 0.477 e. The van der Waals surface area contributed by atoms with E-state index in [4.69, 9.17) is 10.6 Å². The first-order valence-electron chi connectivity index (χ1n) is 8.98. The molecule has 2 fully saturated rings. The van der Waals surface area contributed by atoms with Crippen molar-refractivity contribution in [3.8, 4) is 0 Å². The van der Waals surface area contributed by atoms with E-state index in [9.17, 15) is 19.5 Å². The van der Waals surface area contributed by atoms with Crippen LogP contribution in [0.4, 0.5) is 5.13 Å². The van der Waals surface area contributed by atoms with Crippen LogP contribution in [0.15, 0.2) is 16.9 Å². The van der Waals surface area contributed by atoms with Crippen molar-refractivity contribution in [1.82, 2.24) is 19.6 Å². The van der Waals surface area contributed by atoms with Gasteiger partial charge in [-0.15, -0.1) is 11.8 Å². The third-order valence-corrected chi connectivity index (χ3v) is 6.54. The van der Waals surface area contributed by atoms with E-state index in [-0.39, 0.29) is 28.5 Å². The second-order valence-corrected chi connectivity index (χ2v) is 8.62. The molecular formula is C16H18N6O5S2. The zero-order chi connectivity index (χ0) is 20.5. The lowest BCUT2D eigenvalue weighted by Gasteiger charge is -2.48. The molecule has 0 radical (unpaired) electrons. The van der Waals surface area contributed by atoms with E-state index in [1.165, 1.54) is 22.7 Å². The molecule has 13 heteroatoms. The highest BCUT2D eigenvalue weighted by Crippen LogP contribution is 2.37. The summed E-state index contributed by atoms with van der Waals surface area (Å²) in [6, 6.07) is -0.872. The maximum Gasteiger partial charge on any atom is 0.352 e. The Hall–Kier alpha value is -2.67. The summed E-state index contributed by atoms with van der Waals surface area (Å²) in [4.78, 5) is 47.3. The summed E-state index contributed by atoms with van der Waals surface area (Å²) >= 11 is 2.28. The van der Waals surface area contributed by atoms with Gasteiger partial charge in [0.05, 0.1) is 0 Å². The molecule has 2 atom stereocenters. The standard InChI is InChI=1S/C16H18N6O5S2/c17-16-19-11(21-29-16)9(20-27-7-3-1-2-4-7)12(23)18-10-13(24)22-8(15(25)26)5-6-28-14(10)22/h5,7,10,14H,1-4,6H2,(H,18,23)(H,25,26)(H2,17,19,21)/b20-9-/t10?,14-/m1/s1. The number of aliphatic carboxylic acids is 1. The minimum atomic E-state index is -1.18. The van der Waals surface area contributed by atoms with Gasteiger partial charge < -0.3 is 21.0 Å². The van der Waals surface area contributed by atoms with Crippen LogP contribution in [-0.4, -0.2) is 66.1 Å². The monoisotopic (exact) mass is 438 g/mol. The fraction of sp³-hybridized carbons (Fsp3) is 0.500. The van der Waals surface area contributed by atoms with Crippen molar-refractivity contribution in [1.29, 1.82) is 0 Å². The average Bonchev–Trinajstić information content (AvgIpc) is 3.37. The normalized spacial score (nSPS) is 24.6. The SMILES string of the molecule is Nc1nc(/C(=N/OC2CCCC2)C(=O)NC2C(=O)N3C(C(=O)O)=CCS[C@H]23)ns1. The zero-order valence-electron chi connectivity index (χ0n) is 15.1. The van der Waals surface area contributed by atoms with Crippen LogP contribution in [0.5, 0.6) is 0 Å². The fourth-order valence-corrected chi connectivity index (χ4v) is 5.01. The second kappa shape index (κ2) is 7.99. The van der Waals surface area contributed by atoms with Crippen molar-refractivity contribution < 1.29 is 24.3 Å². The Balaban J connectivity index is 1.50. The van der Waals surface area contributed by atoms with Crippen LogP contribution in [0.2, 0.25) is 0 Å². The molecule has 154 valence electrons. The summed E-state index contributed by atoms with van der Waals surface area (Å²) in [7, 11) is 0. The van der Waals surface area contributed by atoms with Crippen LogP contribution < -0.4 is 11.1 Å². The number of carbonyl (C=O) groups excluding carboxylic acids is 2. The van der Waals surface area contributed by atoms with Crippen molar-refractivity contribution in [2.75, 3.05) is 11.5 Å². The lowest BCUT2D eigenvalue weighted by atomic mass is 10.0. The highest BCUT2D eigenvalue weighted by molar-refractivity contribution is 8.00. The molecule has 11 nitrogen and oxygen atoms in total. The van der Waals surface area contributed by atoms with Gasteiger partial charge in [0.2, 0.25) is 11.5 Å². The number of hydrogen-bond donors (Lipinski definition) is 3. The number of nitrogens with two attached hydrogens (primary N) is 1. The lowest BCUT2D eigenvalue weighted by Crippen LogP contribution is -2.70. The quantitative estimate of drug-likeness (QED) is 0.319.